The third kappa shape index (κ3) is 2.93. The maximum atomic E-state index is 12.6. The number of benzene rings is 1. The average Bonchev–Trinajstić information content (AvgIpc) is 2.99. The fourth-order valence-corrected chi connectivity index (χ4v) is 3.88. The van der Waals surface area contributed by atoms with Gasteiger partial charge in [-0.1, -0.05) is 38.1 Å². The summed E-state index contributed by atoms with van der Waals surface area (Å²) in [6, 6.07) is 8.29. The van der Waals surface area contributed by atoms with Crippen LogP contribution < -0.4 is 5.32 Å². The Bertz CT molecular complexity index is 772. The summed E-state index contributed by atoms with van der Waals surface area (Å²) in [5.41, 5.74) is 5.20. The van der Waals surface area contributed by atoms with Gasteiger partial charge in [0.1, 0.15) is 0 Å². The number of hydrogen-bond donors (Lipinski definition) is 1. The molecule has 0 spiro atoms. The SMILES string of the molecule is CC1(C)CCc2nc(NC(=O)C3Cc4ccccc4C3)ncc2C1. The summed E-state index contributed by atoms with van der Waals surface area (Å²) in [6.07, 6.45) is 6.60. The summed E-state index contributed by atoms with van der Waals surface area (Å²) in [6.45, 7) is 4.56. The van der Waals surface area contributed by atoms with E-state index in [0.29, 0.717) is 11.4 Å². The van der Waals surface area contributed by atoms with Gasteiger partial charge in [0.15, 0.2) is 0 Å². The van der Waals surface area contributed by atoms with Crippen LogP contribution in [0.1, 0.15) is 42.7 Å². The number of aromatic nitrogens is 2. The molecule has 0 saturated carbocycles. The third-order valence-corrected chi connectivity index (χ3v) is 5.32. The number of aryl methyl sites for hydroxylation is 1. The number of nitrogens with zero attached hydrogens (tertiary/aromatic N) is 2. The highest BCUT2D eigenvalue weighted by Crippen LogP contribution is 2.34. The Morgan fingerprint density at radius 1 is 1.17 bits per heavy atom. The molecule has 4 nitrogen and oxygen atoms in total. The second kappa shape index (κ2) is 5.69. The normalized spacial score (nSPS) is 18.8. The first-order valence-corrected chi connectivity index (χ1v) is 8.73. The van der Waals surface area contributed by atoms with Crippen LogP contribution in [0, 0.1) is 11.3 Å². The Morgan fingerprint density at radius 3 is 2.58 bits per heavy atom. The fraction of sp³-hybridized carbons (Fsp3) is 0.450. The minimum Gasteiger partial charge on any atom is -0.294 e. The number of rotatable bonds is 2. The maximum Gasteiger partial charge on any atom is 0.230 e. The molecule has 0 aliphatic heterocycles. The summed E-state index contributed by atoms with van der Waals surface area (Å²) in [4.78, 5) is 21.5. The van der Waals surface area contributed by atoms with E-state index in [9.17, 15) is 4.79 Å². The van der Waals surface area contributed by atoms with Gasteiger partial charge in [-0.25, -0.2) is 9.97 Å². The van der Waals surface area contributed by atoms with Crippen LogP contribution in [-0.2, 0) is 30.5 Å². The molecule has 1 heterocycles. The molecule has 0 radical (unpaired) electrons. The monoisotopic (exact) mass is 321 g/mol. The molecule has 1 N–H and O–H groups in total. The second-order valence-corrected chi connectivity index (χ2v) is 7.87. The van der Waals surface area contributed by atoms with Gasteiger partial charge in [-0.05, 0) is 54.2 Å². The largest absolute Gasteiger partial charge is 0.294 e. The number of carbonyl (C=O) groups is 1. The Kier molecular flexibility index (Phi) is 3.63. The molecule has 24 heavy (non-hydrogen) atoms. The lowest BCUT2D eigenvalue weighted by Gasteiger charge is -2.30. The molecule has 0 saturated heterocycles. The highest BCUT2D eigenvalue weighted by atomic mass is 16.2. The van der Waals surface area contributed by atoms with Crippen LogP contribution >= 0.6 is 0 Å². The topological polar surface area (TPSA) is 54.9 Å². The minimum absolute atomic E-state index is 0.0130. The van der Waals surface area contributed by atoms with E-state index in [1.165, 1.54) is 16.7 Å². The number of anilines is 1. The summed E-state index contributed by atoms with van der Waals surface area (Å²) >= 11 is 0. The number of carbonyl (C=O) groups excluding carboxylic acids is 1. The molecule has 4 rings (SSSR count). The van der Waals surface area contributed by atoms with Crippen LogP contribution in [0.15, 0.2) is 30.5 Å². The van der Waals surface area contributed by atoms with E-state index in [-0.39, 0.29) is 11.8 Å². The van der Waals surface area contributed by atoms with Crippen LogP contribution in [0.5, 0.6) is 0 Å². The maximum absolute atomic E-state index is 12.6. The average molecular weight is 321 g/mol. The molecule has 2 aliphatic carbocycles. The van der Waals surface area contributed by atoms with Crippen LogP contribution in [0.2, 0.25) is 0 Å². The number of hydrogen-bond acceptors (Lipinski definition) is 3. The number of nitrogens with one attached hydrogen (secondary N) is 1. The number of amides is 1. The van der Waals surface area contributed by atoms with E-state index in [0.717, 1.165) is 37.8 Å². The van der Waals surface area contributed by atoms with E-state index in [1.54, 1.807) is 0 Å². The molecule has 2 aliphatic rings. The van der Waals surface area contributed by atoms with Gasteiger partial charge in [0, 0.05) is 17.8 Å². The Morgan fingerprint density at radius 2 is 1.88 bits per heavy atom. The van der Waals surface area contributed by atoms with Crippen molar-refractivity contribution < 1.29 is 4.79 Å². The van der Waals surface area contributed by atoms with Crippen molar-refractivity contribution in [3.05, 3.63) is 52.8 Å². The summed E-state index contributed by atoms with van der Waals surface area (Å²) in [5.74, 6) is 0.470. The standard InChI is InChI=1S/C20H23N3O/c1-20(2)8-7-17-16(11-20)12-21-19(22-17)23-18(24)15-9-13-5-3-4-6-14(13)10-15/h3-6,12,15H,7-11H2,1-2H3,(H,21,22,23,24). The fourth-order valence-electron chi connectivity index (χ4n) is 3.88. The molecule has 0 fully saturated rings. The van der Waals surface area contributed by atoms with E-state index >= 15 is 0 Å². The predicted molar refractivity (Wildman–Crippen MR) is 93.8 cm³/mol. The first-order valence-electron chi connectivity index (χ1n) is 8.73. The minimum atomic E-state index is -0.0130. The van der Waals surface area contributed by atoms with Crippen molar-refractivity contribution in [3.8, 4) is 0 Å². The second-order valence-electron chi connectivity index (χ2n) is 7.87. The van der Waals surface area contributed by atoms with E-state index < -0.39 is 0 Å². The molecular weight excluding hydrogens is 298 g/mol. The van der Waals surface area contributed by atoms with Crippen molar-refractivity contribution >= 4 is 11.9 Å². The molecule has 124 valence electrons. The van der Waals surface area contributed by atoms with E-state index in [4.69, 9.17) is 0 Å². The molecular formula is C20H23N3O. The van der Waals surface area contributed by atoms with Gasteiger partial charge in [-0.3, -0.25) is 10.1 Å². The summed E-state index contributed by atoms with van der Waals surface area (Å²) in [5, 5.41) is 2.93. The van der Waals surface area contributed by atoms with Gasteiger partial charge >= 0.3 is 0 Å². The van der Waals surface area contributed by atoms with Crippen molar-refractivity contribution in [3.63, 3.8) is 0 Å². The Hall–Kier alpha value is -2.23. The van der Waals surface area contributed by atoms with Crippen molar-refractivity contribution in [2.45, 2.75) is 46.0 Å². The van der Waals surface area contributed by atoms with Crippen molar-refractivity contribution in [2.24, 2.45) is 11.3 Å². The van der Waals surface area contributed by atoms with E-state index in [1.807, 2.05) is 18.3 Å². The van der Waals surface area contributed by atoms with Crippen LogP contribution in [-0.4, -0.2) is 15.9 Å². The van der Waals surface area contributed by atoms with Crippen molar-refractivity contribution in [1.82, 2.24) is 9.97 Å². The van der Waals surface area contributed by atoms with Gasteiger partial charge in [0.05, 0.1) is 0 Å². The molecule has 2 aromatic rings. The smallest absolute Gasteiger partial charge is 0.230 e. The molecule has 0 unspecified atom stereocenters. The molecule has 1 amide bonds. The zero-order valence-electron chi connectivity index (χ0n) is 14.3. The molecule has 1 aromatic carbocycles. The lowest BCUT2D eigenvalue weighted by Crippen LogP contribution is -2.26. The first-order chi connectivity index (χ1) is 11.5. The Balaban J connectivity index is 1.46. The van der Waals surface area contributed by atoms with Gasteiger partial charge in [-0.15, -0.1) is 0 Å². The van der Waals surface area contributed by atoms with Crippen LogP contribution in [0.25, 0.3) is 0 Å². The molecule has 4 heteroatoms. The van der Waals surface area contributed by atoms with E-state index in [2.05, 4.69) is 41.3 Å². The molecule has 0 bridgehead atoms. The highest BCUT2D eigenvalue weighted by Gasteiger charge is 2.29. The summed E-state index contributed by atoms with van der Waals surface area (Å²) < 4.78 is 0. The van der Waals surface area contributed by atoms with Crippen molar-refractivity contribution in [2.75, 3.05) is 5.32 Å². The highest BCUT2D eigenvalue weighted by molar-refractivity contribution is 5.91. The van der Waals surface area contributed by atoms with Crippen LogP contribution in [0.4, 0.5) is 5.95 Å². The predicted octanol–water partition coefficient (Wildman–Crippen LogP) is 3.35. The molecule has 0 atom stereocenters. The zero-order valence-corrected chi connectivity index (χ0v) is 14.3. The van der Waals surface area contributed by atoms with Gasteiger partial charge in [0.25, 0.3) is 0 Å². The van der Waals surface area contributed by atoms with Gasteiger partial charge in [-0.2, -0.15) is 0 Å². The quantitative estimate of drug-likeness (QED) is 0.923. The van der Waals surface area contributed by atoms with Gasteiger partial charge in [0.2, 0.25) is 11.9 Å². The zero-order chi connectivity index (χ0) is 16.7. The van der Waals surface area contributed by atoms with Crippen molar-refractivity contribution in [1.29, 1.82) is 0 Å². The summed E-state index contributed by atoms with van der Waals surface area (Å²) in [7, 11) is 0. The lowest BCUT2D eigenvalue weighted by atomic mass is 9.76. The lowest BCUT2D eigenvalue weighted by molar-refractivity contribution is -0.119. The molecule has 1 aromatic heterocycles. The number of fused-ring (bicyclic) bond motifs is 2. The first kappa shape index (κ1) is 15.3. The van der Waals surface area contributed by atoms with Gasteiger partial charge < -0.3 is 0 Å². The van der Waals surface area contributed by atoms with Crippen LogP contribution in [0.3, 0.4) is 0 Å². The third-order valence-electron chi connectivity index (χ3n) is 5.32. The Labute approximate surface area is 142 Å².